The minimum Gasteiger partial charge on any atom is -0.350 e. The number of hydrogen-bond acceptors (Lipinski definition) is 4. The summed E-state index contributed by atoms with van der Waals surface area (Å²) in [6.07, 6.45) is -3.68. The average Bonchev–Trinajstić information content (AvgIpc) is 2.80. The van der Waals surface area contributed by atoms with Gasteiger partial charge < -0.3 is 10.2 Å². The SMILES string of the molecule is CC[C@H](C(=O)NC(C)(C)C)N(Cc1ccc(F)cc1)C(=O)CCCN(c1cccc(C(F)(F)F)c1)S(C)(=O)=O. The van der Waals surface area contributed by atoms with Crippen LogP contribution >= 0.6 is 0 Å². The summed E-state index contributed by atoms with van der Waals surface area (Å²) >= 11 is 0. The van der Waals surface area contributed by atoms with Crippen LogP contribution in [0.5, 0.6) is 0 Å². The summed E-state index contributed by atoms with van der Waals surface area (Å²) in [6, 6.07) is 8.60. The van der Waals surface area contributed by atoms with Crippen molar-refractivity contribution >= 4 is 27.5 Å². The lowest BCUT2D eigenvalue weighted by Crippen LogP contribution is -2.53. The molecular formula is C27H35F4N3O4S. The largest absolute Gasteiger partial charge is 0.416 e. The zero-order valence-electron chi connectivity index (χ0n) is 22.7. The standard InChI is InChI=1S/C27H35F4N3O4S/c1-6-23(25(36)32-26(2,3)4)33(18-19-12-14-21(28)15-13-19)24(35)11-8-16-34(39(5,37)38)22-10-7-9-20(17-22)27(29,30)31/h7,9-10,12-15,17,23H,6,8,11,16,18H2,1-5H3,(H,32,36)/t23-/m1/s1. The number of benzene rings is 2. The van der Waals surface area contributed by atoms with Gasteiger partial charge in [0, 0.05) is 25.0 Å². The Bertz CT molecular complexity index is 1240. The third kappa shape index (κ3) is 9.83. The fraction of sp³-hybridized carbons (Fsp3) is 0.481. The summed E-state index contributed by atoms with van der Waals surface area (Å²) in [5.74, 6) is -1.28. The van der Waals surface area contributed by atoms with Crippen molar-refractivity contribution in [3.05, 3.63) is 65.5 Å². The second kappa shape index (κ2) is 12.8. The van der Waals surface area contributed by atoms with Gasteiger partial charge in [0.05, 0.1) is 17.5 Å². The minimum absolute atomic E-state index is 0.0125. The van der Waals surface area contributed by atoms with Crippen LogP contribution in [-0.4, -0.2) is 49.5 Å². The van der Waals surface area contributed by atoms with E-state index in [0.717, 1.165) is 28.8 Å². The first-order valence-electron chi connectivity index (χ1n) is 12.4. The summed E-state index contributed by atoms with van der Waals surface area (Å²) in [6.45, 7) is 6.92. The maximum Gasteiger partial charge on any atom is 0.416 e. The fourth-order valence-electron chi connectivity index (χ4n) is 4.00. The normalized spacial score (nSPS) is 13.1. The Morgan fingerprint density at radius 3 is 2.15 bits per heavy atom. The molecule has 0 aliphatic rings. The van der Waals surface area contributed by atoms with Gasteiger partial charge in [-0.05, 0) is 69.5 Å². The lowest BCUT2D eigenvalue weighted by Gasteiger charge is -2.33. The number of hydrogen-bond donors (Lipinski definition) is 1. The van der Waals surface area contributed by atoms with E-state index in [2.05, 4.69) is 5.32 Å². The molecule has 0 fully saturated rings. The molecule has 216 valence electrons. The van der Waals surface area contributed by atoms with Crippen molar-refractivity contribution in [2.75, 3.05) is 17.1 Å². The van der Waals surface area contributed by atoms with Crippen LogP contribution in [0.1, 0.15) is 58.1 Å². The van der Waals surface area contributed by atoms with E-state index in [1.807, 2.05) is 0 Å². The molecule has 0 aliphatic carbocycles. The van der Waals surface area contributed by atoms with Crippen molar-refractivity contribution in [2.45, 2.75) is 71.3 Å². The van der Waals surface area contributed by atoms with E-state index in [9.17, 15) is 35.6 Å². The fourth-order valence-corrected chi connectivity index (χ4v) is 4.96. The van der Waals surface area contributed by atoms with Gasteiger partial charge in [-0.15, -0.1) is 0 Å². The van der Waals surface area contributed by atoms with Crippen molar-refractivity contribution in [3.63, 3.8) is 0 Å². The summed E-state index contributed by atoms with van der Waals surface area (Å²) < 4.78 is 78.6. The van der Waals surface area contributed by atoms with Gasteiger partial charge in [-0.25, -0.2) is 12.8 Å². The summed E-state index contributed by atoms with van der Waals surface area (Å²) in [4.78, 5) is 27.8. The third-order valence-corrected chi connectivity index (χ3v) is 6.96. The van der Waals surface area contributed by atoms with Crippen molar-refractivity contribution < 1.29 is 35.6 Å². The highest BCUT2D eigenvalue weighted by atomic mass is 32.2. The molecule has 0 aromatic heterocycles. The van der Waals surface area contributed by atoms with E-state index >= 15 is 0 Å². The maximum atomic E-state index is 13.4. The van der Waals surface area contributed by atoms with Gasteiger partial charge in [-0.2, -0.15) is 13.2 Å². The van der Waals surface area contributed by atoms with Crippen LogP contribution in [0.25, 0.3) is 0 Å². The second-order valence-electron chi connectivity index (χ2n) is 10.3. The van der Waals surface area contributed by atoms with Crippen LogP contribution in [0, 0.1) is 5.82 Å². The third-order valence-electron chi connectivity index (χ3n) is 5.76. The number of sulfonamides is 1. The van der Waals surface area contributed by atoms with Crippen molar-refractivity contribution in [1.29, 1.82) is 0 Å². The first-order valence-corrected chi connectivity index (χ1v) is 14.3. The number of halogens is 4. The highest BCUT2D eigenvalue weighted by molar-refractivity contribution is 7.92. The lowest BCUT2D eigenvalue weighted by molar-refractivity contribution is -0.142. The van der Waals surface area contributed by atoms with Crippen molar-refractivity contribution in [3.8, 4) is 0 Å². The second-order valence-corrected chi connectivity index (χ2v) is 12.2. The van der Waals surface area contributed by atoms with Crippen molar-refractivity contribution in [1.82, 2.24) is 10.2 Å². The molecule has 2 aromatic carbocycles. The molecule has 12 heteroatoms. The molecule has 0 unspecified atom stereocenters. The quantitative estimate of drug-likeness (QED) is 0.379. The number of nitrogens with zero attached hydrogens (tertiary/aromatic N) is 2. The molecular weight excluding hydrogens is 538 g/mol. The molecule has 1 N–H and O–H groups in total. The van der Waals surface area contributed by atoms with Gasteiger partial charge in [0.1, 0.15) is 11.9 Å². The molecule has 2 rings (SSSR count). The number of carbonyl (C=O) groups excluding carboxylic acids is 2. The van der Waals surface area contributed by atoms with Gasteiger partial charge in [-0.3, -0.25) is 13.9 Å². The number of anilines is 1. The van der Waals surface area contributed by atoms with Crippen LogP contribution in [-0.2, 0) is 32.3 Å². The molecule has 7 nitrogen and oxygen atoms in total. The van der Waals surface area contributed by atoms with Gasteiger partial charge in [0.2, 0.25) is 21.8 Å². The van der Waals surface area contributed by atoms with Gasteiger partial charge >= 0.3 is 6.18 Å². The average molecular weight is 574 g/mol. The number of alkyl halides is 3. The maximum absolute atomic E-state index is 13.4. The number of nitrogens with one attached hydrogen (secondary N) is 1. The number of rotatable bonds is 11. The van der Waals surface area contributed by atoms with E-state index in [1.165, 1.54) is 35.2 Å². The Hall–Kier alpha value is -3.15. The van der Waals surface area contributed by atoms with Crippen LogP contribution in [0.2, 0.25) is 0 Å². The predicted octanol–water partition coefficient (Wildman–Crippen LogP) is 5.11. The molecule has 0 radical (unpaired) electrons. The Kier molecular flexibility index (Phi) is 10.5. The van der Waals surface area contributed by atoms with Crippen LogP contribution < -0.4 is 9.62 Å². The smallest absolute Gasteiger partial charge is 0.350 e. The van der Waals surface area contributed by atoms with Crippen molar-refractivity contribution in [2.24, 2.45) is 0 Å². The monoisotopic (exact) mass is 573 g/mol. The van der Waals surface area contributed by atoms with E-state index in [1.54, 1.807) is 27.7 Å². The topological polar surface area (TPSA) is 86.8 Å². The van der Waals surface area contributed by atoms with E-state index in [4.69, 9.17) is 0 Å². The van der Waals surface area contributed by atoms with Gasteiger partial charge in [0.25, 0.3) is 0 Å². The highest BCUT2D eigenvalue weighted by Crippen LogP contribution is 2.32. The Morgan fingerprint density at radius 1 is 1.03 bits per heavy atom. The molecule has 1 atom stereocenters. The van der Waals surface area contributed by atoms with E-state index in [-0.39, 0.29) is 43.9 Å². The summed E-state index contributed by atoms with van der Waals surface area (Å²) in [5.41, 5.74) is -1.13. The van der Waals surface area contributed by atoms with E-state index < -0.39 is 45.1 Å². The Morgan fingerprint density at radius 2 is 1.64 bits per heavy atom. The van der Waals surface area contributed by atoms with Gasteiger partial charge in [-0.1, -0.05) is 25.1 Å². The predicted molar refractivity (Wildman–Crippen MR) is 142 cm³/mol. The van der Waals surface area contributed by atoms with Crippen LogP contribution in [0.3, 0.4) is 0 Å². The summed E-state index contributed by atoms with van der Waals surface area (Å²) in [5, 5.41) is 2.86. The van der Waals surface area contributed by atoms with Gasteiger partial charge in [0.15, 0.2) is 0 Å². The lowest BCUT2D eigenvalue weighted by atomic mass is 10.0. The highest BCUT2D eigenvalue weighted by Gasteiger charge is 2.33. The minimum atomic E-state index is -4.65. The molecule has 0 saturated carbocycles. The molecule has 2 amide bonds. The summed E-state index contributed by atoms with van der Waals surface area (Å²) in [7, 11) is -3.96. The molecule has 2 aromatic rings. The van der Waals surface area contributed by atoms with E-state index in [0.29, 0.717) is 5.56 Å². The zero-order valence-corrected chi connectivity index (χ0v) is 23.5. The molecule has 0 heterocycles. The first kappa shape index (κ1) is 32.1. The first-order chi connectivity index (χ1) is 17.9. The molecule has 39 heavy (non-hydrogen) atoms. The molecule has 0 spiro atoms. The Labute approximate surface area is 227 Å². The molecule has 0 saturated heterocycles. The van der Waals surface area contributed by atoms with Crippen LogP contribution in [0.15, 0.2) is 48.5 Å². The Balaban J connectivity index is 2.27. The zero-order chi connectivity index (χ0) is 29.6. The molecule has 0 bridgehead atoms. The van der Waals surface area contributed by atoms with Crippen LogP contribution in [0.4, 0.5) is 23.2 Å². The molecule has 0 aliphatic heterocycles. The number of carbonyl (C=O) groups is 2. The number of amides is 2.